The number of rotatable bonds is 6. The van der Waals surface area contributed by atoms with Crippen LogP contribution in [0.15, 0.2) is 0 Å². The first kappa shape index (κ1) is 12.3. The highest BCUT2D eigenvalue weighted by atomic mass is 16.4. The van der Waals surface area contributed by atoms with Crippen molar-refractivity contribution in [2.24, 2.45) is 0 Å². The molecule has 0 bridgehead atoms. The summed E-state index contributed by atoms with van der Waals surface area (Å²) in [5.41, 5.74) is 0. The molecule has 1 aliphatic rings. The van der Waals surface area contributed by atoms with Crippen LogP contribution in [-0.2, 0) is 9.59 Å². The maximum Gasteiger partial charge on any atom is 0.326 e. The van der Waals surface area contributed by atoms with Gasteiger partial charge in [-0.2, -0.15) is 0 Å². The van der Waals surface area contributed by atoms with E-state index in [0.29, 0.717) is 0 Å². The maximum absolute atomic E-state index is 11.2. The lowest BCUT2D eigenvalue weighted by atomic mass is 10.1. The molecule has 0 radical (unpaired) electrons. The van der Waals surface area contributed by atoms with Gasteiger partial charge < -0.3 is 20.8 Å². The third kappa shape index (κ3) is 4.63. The number of aliphatic carboxylic acids is 2. The summed E-state index contributed by atoms with van der Waals surface area (Å²) in [6.45, 7) is 0. The second-order valence-electron chi connectivity index (χ2n) is 3.72. The van der Waals surface area contributed by atoms with Crippen molar-refractivity contribution in [3.8, 4) is 0 Å². The van der Waals surface area contributed by atoms with Crippen molar-refractivity contribution < 1.29 is 24.6 Å². The first-order chi connectivity index (χ1) is 7.49. The first-order valence-corrected chi connectivity index (χ1v) is 5.00. The number of carboxylic acids is 2. The third-order valence-corrected chi connectivity index (χ3v) is 2.16. The Morgan fingerprint density at radius 1 is 1.25 bits per heavy atom. The highest BCUT2D eigenvalue weighted by Crippen LogP contribution is 2.18. The Balaban J connectivity index is 2.33. The summed E-state index contributed by atoms with van der Waals surface area (Å²) >= 11 is 0. The zero-order chi connectivity index (χ0) is 12.1. The molecule has 1 fully saturated rings. The molecule has 0 aromatic carbocycles. The molecule has 7 heteroatoms. The fraction of sp³-hybridized carbons (Fsp3) is 0.667. The number of carbonyl (C=O) groups excluding carboxylic acids is 1. The van der Waals surface area contributed by atoms with Crippen molar-refractivity contribution in [1.29, 1.82) is 0 Å². The molecular weight excluding hydrogens is 216 g/mol. The third-order valence-electron chi connectivity index (χ3n) is 2.16. The first-order valence-electron chi connectivity index (χ1n) is 5.00. The summed E-state index contributed by atoms with van der Waals surface area (Å²) in [6, 6.07) is -1.58. The molecule has 7 nitrogen and oxygen atoms in total. The number of carbonyl (C=O) groups is 3. The number of nitrogens with one attached hydrogen (secondary N) is 2. The zero-order valence-electron chi connectivity index (χ0n) is 8.60. The predicted molar refractivity (Wildman–Crippen MR) is 53.0 cm³/mol. The minimum Gasteiger partial charge on any atom is -0.481 e. The molecule has 0 saturated heterocycles. The van der Waals surface area contributed by atoms with E-state index in [0.717, 1.165) is 12.8 Å². The Bertz CT molecular complexity index is 300. The van der Waals surface area contributed by atoms with Crippen LogP contribution < -0.4 is 10.6 Å². The molecule has 0 aliphatic heterocycles. The molecule has 0 heterocycles. The molecule has 1 rings (SSSR count). The second kappa shape index (κ2) is 5.34. The molecule has 1 unspecified atom stereocenters. The van der Waals surface area contributed by atoms with Crippen molar-refractivity contribution in [2.45, 2.75) is 37.8 Å². The van der Waals surface area contributed by atoms with Gasteiger partial charge in [0.05, 0.1) is 0 Å². The van der Waals surface area contributed by atoms with E-state index in [1.54, 1.807) is 0 Å². The summed E-state index contributed by atoms with van der Waals surface area (Å²) in [4.78, 5) is 32.2. The van der Waals surface area contributed by atoms with Gasteiger partial charge in [0.2, 0.25) is 0 Å². The lowest BCUT2D eigenvalue weighted by Gasteiger charge is -2.13. The zero-order valence-corrected chi connectivity index (χ0v) is 8.60. The highest BCUT2D eigenvalue weighted by molar-refractivity contribution is 5.83. The molecule has 0 aromatic heterocycles. The van der Waals surface area contributed by atoms with Gasteiger partial charge in [0.15, 0.2) is 0 Å². The Morgan fingerprint density at radius 3 is 2.31 bits per heavy atom. The van der Waals surface area contributed by atoms with E-state index in [1.807, 2.05) is 0 Å². The monoisotopic (exact) mass is 230 g/mol. The summed E-state index contributed by atoms with van der Waals surface area (Å²) in [5.74, 6) is -2.32. The standard InChI is InChI=1S/C9H14N2O5/c12-7(13)4-3-6(8(14)15)11-9(16)10-5-1-2-5/h5-6H,1-4H2,(H,12,13)(H,14,15)(H2,10,11,16). The molecule has 90 valence electrons. The largest absolute Gasteiger partial charge is 0.481 e. The Morgan fingerprint density at radius 2 is 1.88 bits per heavy atom. The average molecular weight is 230 g/mol. The number of hydrogen-bond donors (Lipinski definition) is 4. The lowest BCUT2D eigenvalue weighted by Crippen LogP contribution is -2.46. The van der Waals surface area contributed by atoms with Crippen LogP contribution in [0.5, 0.6) is 0 Å². The van der Waals surface area contributed by atoms with E-state index in [4.69, 9.17) is 10.2 Å². The molecule has 2 amide bonds. The molecule has 1 atom stereocenters. The lowest BCUT2D eigenvalue weighted by molar-refractivity contribution is -0.140. The number of urea groups is 1. The van der Waals surface area contributed by atoms with E-state index in [9.17, 15) is 14.4 Å². The molecule has 1 saturated carbocycles. The number of hydrogen-bond acceptors (Lipinski definition) is 3. The summed E-state index contributed by atoms with van der Waals surface area (Å²) in [6.07, 6.45) is 1.39. The Hall–Kier alpha value is -1.79. The van der Waals surface area contributed by atoms with Gasteiger partial charge in [0.1, 0.15) is 6.04 Å². The normalized spacial score (nSPS) is 16.2. The van der Waals surface area contributed by atoms with Gasteiger partial charge in [-0.25, -0.2) is 9.59 Å². The topological polar surface area (TPSA) is 116 Å². The minimum absolute atomic E-state index is 0.122. The Kier molecular flexibility index (Phi) is 4.10. The van der Waals surface area contributed by atoms with Crippen molar-refractivity contribution in [1.82, 2.24) is 10.6 Å². The van der Waals surface area contributed by atoms with E-state index in [-0.39, 0.29) is 18.9 Å². The van der Waals surface area contributed by atoms with Crippen LogP contribution >= 0.6 is 0 Å². The fourth-order valence-electron chi connectivity index (χ4n) is 1.14. The van der Waals surface area contributed by atoms with Crippen molar-refractivity contribution in [3.63, 3.8) is 0 Å². The maximum atomic E-state index is 11.2. The second-order valence-corrected chi connectivity index (χ2v) is 3.72. The number of carboxylic acid groups (broad SMARTS) is 2. The number of amides is 2. The van der Waals surface area contributed by atoms with Crippen LogP contribution in [-0.4, -0.2) is 40.3 Å². The van der Waals surface area contributed by atoms with E-state index in [1.165, 1.54) is 0 Å². The van der Waals surface area contributed by atoms with Gasteiger partial charge in [-0.15, -0.1) is 0 Å². The minimum atomic E-state index is -1.23. The molecule has 1 aliphatic carbocycles. The van der Waals surface area contributed by atoms with Crippen LogP contribution in [0.4, 0.5) is 4.79 Å². The van der Waals surface area contributed by atoms with Crippen molar-refractivity contribution in [3.05, 3.63) is 0 Å². The molecular formula is C9H14N2O5. The van der Waals surface area contributed by atoms with Crippen LogP contribution in [0, 0.1) is 0 Å². The van der Waals surface area contributed by atoms with Crippen LogP contribution in [0.2, 0.25) is 0 Å². The summed E-state index contributed by atoms with van der Waals surface area (Å²) < 4.78 is 0. The van der Waals surface area contributed by atoms with Crippen LogP contribution in [0.3, 0.4) is 0 Å². The fourth-order valence-corrected chi connectivity index (χ4v) is 1.14. The highest BCUT2D eigenvalue weighted by Gasteiger charge is 2.26. The van der Waals surface area contributed by atoms with Gasteiger partial charge in [0.25, 0.3) is 0 Å². The van der Waals surface area contributed by atoms with E-state index >= 15 is 0 Å². The van der Waals surface area contributed by atoms with E-state index in [2.05, 4.69) is 10.6 Å². The average Bonchev–Trinajstić information content (AvgIpc) is 2.95. The summed E-state index contributed by atoms with van der Waals surface area (Å²) in [7, 11) is 0. The predicted octanol–water partition coefficient (Wildman–Crippen LogP) is -0.234. The van der Waals surface area contributed by atoms with Crippen molar-refractivity contribution in [2.75, 3.05) is 0 Å². The van der Waals surface area contributed by atoms with Crippen LogP contribution in [0.25, 0.3) is 0 Å². The van der Waals surface area contributed by atoms with Gasteiger partial charge >= 0.3 is 18.0 Å². The van der Waals surface area contributed by atoms with Gasteiger partial charge in [-0.3, -0.25) is 4.79 Å². The SMILES string of the molecule is O=C(O)CCC(NC(=O)NC1CC1)C(=O)O. The molecule has 16 heavy (non-hydrogen) atoms. The Labute approximate surface area is 91.8 Å². The molecule has 0 aromatic rings. The van der Waals surface area contributed by atoms with Gasteiger partial charge in [-0.05, 0) is 19.3 Å². The van der Waals surface area contributed by atoms with Crippen LogP contribution in [0.1, 0.15) is 25.7 Å². The smallest absolute Gasteiger partial charge is 0.326 e. The van der Waals surface area contributed by atoms with Crippen molar-refractivity contribution >= 4 is 18.0 Å². The summed E-state index contributed by atoms with van der Waals surface area (Å²) in [5, 5.41) is 22.0. The quantitative estimate of drug-likeness (QED) is 0.503. The molecule has 0 spiro atoms. The van der Waals surface area contributed by atoms with Gasteiger partial charge in [-0.1, -0.05) is 0 Å². The van der Waals surface area contributed by atoms with Gasteiger partial charge in [0, 0.05) is 12.5 Å². The van der Waals surface area contributed by atoms with E-state index < -0.39 is 24.0 Å². The molecule has 4 N–H and O–H groups in total.